The summed E-state index contributed by atoms with van der Waals surface area (Å²) in [6.45, 7) is 5.99. The third-order valence-electron chi connectivity index (χ3n) is 1.92. The van der Waals surface area contributed by atoms with Crippen molar-refractivity contribution in [1.82, 2.24) is 0 Å². The molecule has 0 aliphatic rings. The van der Waals surface area contributed by atoms with Gasteiger partial charge in [0.1, 0.15) is 0 Å². The maximum Gasteiger partial charge on any atom is 0.335 e. The summed E-state index contributed by atoms with van der Waals surface area (Å²) in [5.74, 6) is -0.885. The molecule has 0 saturated carbocycles. The Morgan fingerprint density at radius 2 is 2.07 bits per heavy atom. The molecule has 1 rings (SSSR count). The zero-order valence-corrected chi connectivity index (χ0v) is 8.66. The Morgan fingerprint density at radius 3 is 2.50 bits per heavy atom. The number of carboxylic acid groups (broad SMARTS) is 1. The van der Waals surface area contributed by atoms with E-state index in [1.54, 1.807) is 18.2 Å². The molecule has 0 aliphatic carbocycles. The number of hydrogen-bond donors (Lipinski definition) is 2. The van der Waals surface area contributed by atoms with Gasteiger partial charge in [0.05, 0.1) is 5.56 Å². The van der Waals surface area contributed by atoms with E-state index >= 15 is 0 Å². The van der Waals surface area contributed by atoms with Gasteiger partial charge in [-0.2, -0.15) is 0 Å². The molecule has 0 bridgehead atoms. The Kier molecular flexibility index (Phi) is 3.12. The summed E-state index contributed by atoms with van der Waals surface area (Å²) >= 11 is 0. The summed E-state index contributed by atoms with van der Waals surface area (Å²) in [6, 6.07) is 5.44. The summed E-state index contributed by atoms with van der Waals surface area (Å²) in [5.41, 5.74) is 2.28. The maximum atomic E-state index is 10.7. The molecule has 0 heterocycles. The van der Waals surface area contributed by atoms with Gasteiger partial charge in [0.25, 0.3) is 0 Å². The molecule has 0 fully saturated rings. The normalized spacial score (nSPS) is 10.3. The van der Waals surface area contributed by atoms with Gasteiger partial charge in [-0.05, 0) is 44.5 Å². The van der Waals surface area contributed by atoms with Gasteiger partial charge in [-0.15, -0.1) is 0 Å². The van der Waals surface area contributed by atoms with Crippen molar-refractivity contribution in [3.05, 3.63) is 29.3 Å². The number of aryl methyl sites for hydroxylation is 1. The topological polar surface area (TPSA) is 49.3 Å². The van der Waals surface area contributed by atoms with Crippen LogP contribution in [0.2, 0.25) is 0 Å². The molecule has 0 aromatic heterocycles. The van der Waals surface area contributed by atoms with E-state index in [4.69, 9.17) is 5.11 Å². The predicted molar refractivity (Wildman–Crippen MR) is 56.9 cm³/mol. The Balaban J connectivity index is 2.95. The van der Waals surface area contributed by atoms with Crippen molar-refractivity contribution in [3.63, 3.8) is 0 Å². The number of benzene rings is 1. The van der Waals surface area contributed by atoms with Gasteiger partial charge >= 0.3 is 5.97 Å². The summed E-state index contributed by atoms with van der Waals surface area (Å²) in [5, 5.41) is 12.0. The Bertz CT molecular complexity index is 345. The Hall–Kier alpha value is -1.51. The van der Waals surface area contributed by atoms with Crippen molar-refractivity contribution >= 4 is 11.7 Å². The van der Waals surface area contributed by atoms with Crippen LogP contribution in [0.5, 0.6) is 0 Å². The van der Waals surface area contributed by atoms with E-state index in [-0.39, 0.29) is 0 Å². The van der Waals surface area contributed by atoms with Crippen LogP contribution in [-0.4, -0.2) is 17.1 Å². The first kappa shape index (κ1) is 10.6. The second kappa shape index (κ2) is 4.13. The monoisotopic (exact) mass is 193 g/mol. The maximum absolute atomic E-state index is 10.7. The largest absolute Gasteiger partial charge is 0.478 e. The summed E-state index contributed by atoms with van der Waals surface area (Å²) in [6.07, 6.45) is 0. The highest BCUT2D eigenvalue weighted by Gasteiger charge is 2.05. The van der Waals surface area contributed by atoms with Crippen LogP contribution >= 0.6 is 0 Å². The molecule has 0 unspecified atom stereocenters. The summed E-state index contributed by atoms with van der Waals surface area (Å²) in [7, 11) is 0. The zero-order chi connectivity index (χ0) is 10.7. The molecule has 14 heavy (non-hydrogen) atoms. The SMILES string of the molecule is Cc1cc(C(=O)O)ccc1NC(C)C. The van der Waals surface area contributed by atoms with Crippen LogP contribution in [0.4, 0.5) is 5.69 Å². The smallest absolute Gasteiger partial charge is 0.335 e. The fourth-order valence-electron chi connectivity index (χ4n) is 1.27. The molecular formula is C11H15NO2. The van der Waals surface area contributed by atoms with Gasteiger partial charge < -0.3 is 10.4 Å². The van der Waals surface area contributed by atoms with Crippen LogP contribution in [0, 0.1) is 6.92 Å². The highest BCUT2D eigenvalue weighted by Crippen LogP contribution is 2.17. The van der Waals surface area contributed by atoms with Crippen LogP contribution < -0.4 is 5.32 Å². The second-order valence-corrected chi connectivity index (χ2v) is 3.63. The fourth-order valence-corrected chi connectivity index (χ4v) is 1.27. The van der Waals surface area contributed by atoms with Crippen molar-refractivity contribution in [2.45, 2.75) is 26.8 Å². The molecule has 0 amide bonds. The third kappa shape index (κ3) is 2.49. The van der Waals surface area contributed by atoms with Gasteiger partial charge in [-0.1, -0.05) is 0 Å². The number of carboxylic acids is 1. The Morgan fingerprint density at radius 1 is 1.43 bits per heavy atom. The standard InChI is InChI=1S/C11H15NO2/c1-7(2)12-10-5-4-9(11(13)14)6-8(10)3/h4-7,12H,1-3H3,(H,13,14). The lowest BCUT2D eigenvalue weighted by molar-refractivity contribution is 0.0697. The molecule has 0 aliphatic heterocycles. The van der Waals surface area contributed by atoms with Gasteiger partial charge in [0.2, 0.25) is 0 Å². The average molecular weight is 193 g/mol. The van der Waals surface area contributed by atoms with Crippen molar-refractivity contribution in [3.8, 4) is 0 Å². The number of nitrogens with one attached hydrogen (secondary N) is 1. The molecule has 2 N–H and O–H groups in total. The van der Waals surface area contributed by atoms with Crippen molar-refractivity contribution < 1.29 is 9.90 Å². The minimum atomic E-state index is -0.885. The summed E-state index contributed by atoms with van der Waals surface area (Å²) in [4.78, 5) is 10.7. The first-order valence-corrected chi connectivity index (χ1v) is 4.61. The highest BCUT2D eigenvalue weighted by molar-refractivity contribution is 5.88. The number of carbonyl (C=O) groups is 1. The van der Waals surface area contributed by atoms with Gasteiger partial charge in [-0.25, -0.2) is 4.79 Å². The fraction of sp³-hybridized carbons (Fsp3) is 0.364. The van der Waals surface area contributed by atoms with Crippen LogP contribution in [0.3, 0.4) is 0 Å². The van der Waals surface area contributed by atoms with Crippen LogP contribution in [0.1, 0.15) is 29.8 Å². The lowest BCUT2D eigenvalue weighted by Gasteiger charge is -2.12. The molecule has 3 heteroatoms. The first-order valence-electron chi connectivity index (χ1n) is 4.61. The molecular weight excluding hydrogens is 178 g/mol. The van der Waals surface area contributed by atoms with Crippen LogP contribution in [-0.2, 0) is 0 Å². The summed E-state index contributed by atoms with van der Waals surface area (Å²) < 4.78 is 0. The number of hydrogen-bond acceptors (Lipinski definition) is 2. The third-order valence-corrected chi connectivity index (χ3v) is 1.92. The number of rotatable bonds is 3. The van der Waals surface area contributed by atoms with Crippen LogP contribution in [0.15, 0.2) is 18.2 Å². The quantitative estimate of drug-likeness (QED) is 0.775. The molecule has 0 atom stereocenters. The Labute approximate surface area is 83.8 Å². The molecule has 76 valence electrons. The predicted octanol–water partition coefficient (Wildman–Crippen LogP) is 2.51. The first-order chi connectivity index (χ1) is 6.50. The molecule has 0 spiro atoms. The van der Waals surface area contributed by atoms with E-state index in [1.807, 2.05) is 20.8 Å². The highest BCUT2D eigenvalue weighted by atomic mass is 16.4. The van der Waals surface area contributed by atoms with Crippen molar-refractivity contribution in [1.29, 1.82) is 0 Å². The molecule has 3 nitrogen and oxygen atoms in total. The van der Waals surface area contributed by atoms with Crippen molar-refractivity contribution in [2.24, 2.45) is 0 Å². The zero-order valence-electron chi connectivity index (χ0n) is 8.66. The lowest BCUT2D eigenvalue weighted by Crippen LogP contribution is -2.11. The van der Waals surface area contributed by atoms with E-state index in [2.05, 4.69) is 5.32 Å². The minimum Gasteiger partial charge on any atom is -0.478 e. The molecule has 1 aromatic rings. The molecule has 1 aromatic carbocycles. The van der Waals surface area contributed by atoms with E-state index in [0.717, 1.165) is 11.3 Å². The van der Waals surface area contributed by atoms with E-state index in [1.165, 1.54) is 0 Å². The molecule has 0 radical (unpaired) electrons. The average Bonchev–Trinajstić information content (AvgIpc) is 2.07. The number of aromatic carboxylic acids is 1. The van der Waals surface area contributed by atoms with Crippen molar-refractivity contribution in [2.75, 3.05) is 5.32 Å². The minimum absolute atomic E-state index is 0.330. The van der Waals surface area contributed by atoms with Gasteiger partial charge in [0, 0.05) is 11.7 Å². The van der Waals surface area contributed by atoms with Gasteiger partial charge in [0.15, 0.2) is 0 Å². The van der Waals surface area contributed by atoms with Gasteiger partial charge in [-0.3, -0.25) is 0 Å². The molecule has 0 saturated heterocycles. The van der Waals surface area contributed by atoms with Crippen LogP contribution in [0.25, 0.3) is 0 Å². The van der Waals surface area contributed by atoms with E-state index in [0.29, 0.717) is 11.6 Å². The number of anilines is 1. The van der Waals surface area contributed by atoms with E-state index in [9.17, 15) is 4.79 Å². The lowest BCUT2D eigenvalue weighted by atomic mass is 10.1. The van der Waals surface area contributed by atoms with E-state index < -0.39 is 5.97 Å². The second-order valence-electron chi connectivity index (χ2n) is 3.63.